The Kier molecular flexibility index (Phi) is 4.30. The molecule has 0 aromatic rings. The third-order valence-electron chi connectivity index (χ3n) is 1.76. The summed E-state index contributed by atoms with van der Waals surface area (Å²) in [5.74, 6) is 0. The van der Waals surface area contributed by atoms with E-state index in [1.165, 1.54) is 0 Å². The molecule has 11 heavy (non-hydrogen) atoms. The predicted molar refractivity (Wildman–Crippen MR) is 47.9 cm³/mol. The van der Waals surface area contributed by atoms with Crippen LogP contribution in [0.4, 0.5) is 0 Å². The SMILES string of the molecule is CCCP(=O)(O)N(C)C(C)C. The fraction of sp³-hybridized carbons (Fsp3) is 1.00. The van der Waals surface area contributed by atoms with Crippen molar-refractivity contribution in [3.05, 3.63) is 0 Å². The van der Waals surface area contributed by atoms with Crippen LogP contribution in [0.3, 0.4) is 0 Å². The molecule has 0 amide bonds. The molecule has 0 aromatic heterocycles. The summed E-state index contributed by atoms with van der Waals surface area (Å²) >= 11 is 0. The van der Waals surface area contributed by atoms with Crippen molar-refractivity contribution in [1.29, 1.82) is 0 Å². The molecule has 4 heteroatoms. The van der Waals surface area contributed by atoms with E-state index >= 15 is 0 Å². The largest absolute Gasteiger partial charge is 0.333 e. The second-order valence-electron chi connectivity index (χ2n) is 3.06. The van der Waals surface area contributed by atoms with Gasteiger partial charge >= 0.3 is 0 Å². The van der Waals surface area contributed by atoms with Crippen LogP contribution in [0.15, 0.2) is 0 Å². The third-order valence-corrected chi connectivity index (χ3v) is 4.23. The van der Waals surface area contributed by atoms with E-state index in [9.17, 15) is 9.46 Å². The average molecular weight is 179 g/mol. The normalized spacial score (nSPS) is 17.4. The molecule has 0 aromatic carbocycles. The van der Waals surface area contributed by atoms with Crippen LogP contribution in [0.25, 0.3) is 0 Å². The highest BCUT2D eigenvalue weighted by Gasteiger charge is 2.24. The van der Waals surface area contributed by atoms with Crippen molar-refractivity contribution in [2.45, 2.75) is 33.2 Å². The Bertz CT molecular complexity index is 159. The fourth-order valence-electron chi connectivity index (χ4n) is 0.810. The lowest BCUT2D eigenvalue weighted by molar-refractivity contribution is 0.343. The number of nitrogens with zero attached hydrogens (tertiary/aromatic N) is 1. The van der Waals surface area contributed by atoms with E-state index in [4.69, 9.17) is 0 Å². The van der Waals surface area contributed by atoms with E-state index in [-0.39, 0.29) is 6.04 Å². The summed E-state index contributed by atoms with van der Waals surface area (Å²) in [4.78, 5) is 9.43. The lowest BCUT2D eigenvalue weighted by Crippen LogP contribution is -2.24. The summed E-state index contributed by atoms with van der Waals surface area (Å²) in [5, 5.41) is 0. The van der Waals surface area contributed by atoms with Crippen LogP contribution >= 0.6 is 7.52 Å². The van der Waals surface area contributed by atoms with E-state index in [0.29, 0.717) is 6.16 Å². The maximum Gasteiger partial charge on any atom is 0.269 e. The van der Waals surface area contributed by atoms with Crippen LogP contribution in [0.1, 0.15) is 27.2 Å². The minimum Gasteiger partial charge on any atom is -0.333 e. The number of hydrogen-bond donors (Lipinski definition) is 1. The van der Waals surface area contributed by atoms with Crippen LogP contribution in [0, 0.1) is 0 Å². The Morgan fingerprint density at radius 3 is 2.27 bits per heavy atom. The molecule has 0 heterocycles. The van der Waals surface area contributed by atoms with E-state index < -0.39 is 7.52 Å². The second-order valence-corrected chi connectivity index (χ2v) is 5.46. The van der Waals surface area contributed by atoms with Gasteiger partial charge in [-0.2, -0.15) is 0 Å². The summed E-state index contributed by atoms with van der Waals surface area (Å²) in [7, 11) is -1.31. The summed E-state index contributed by atoms with van der Waals surface area (Å²) in [6.07, 6.45) is 1.15. The summed E-state index contributed by atoms with van der Waals surface area (Å²) in [6.45, 7) is 5.74. The Labute approximate surface area is 68.9 Å². The van der Waals surface area contributed by atoms with E-state index in [2.05, 4.69) is 0 Å². The van der Waals surface area contributed by atoms with Crippen molar-refractivity contribution in [2.75, 3.05) is 13.2 Å². The molecule has 0 spiro atoms. The fourth-order valence-corrected chi connectivity index (χ4v) is 2.43. The van der Waals surface area contributed by atoms with Gasteiger partial charge in [0.05, 0.1) is 0 Å². The zero-order valence-electron chi connectivity index (χ0n) is 7.74. The summed E-state index contributed by atoms with van der Waals surface area (Å²) in [5.41, 5.74) is 0. The van der Waals surface area contributed by atoms with Gasteiger partial charge in [-0.15, -0.1) is 0 Å². The van der Waals surface area contributed by atoms with Crippen molar-refractivity contribution < 1.29 is 9.46 Å². The van der Waals surface area contributed by atoms with E-state index in [1.807, 2.05) is 20.8 Å². The highest BCUT2D eigenvalue weighted by Crippen LogP contribution is 2.45. The molecule has 0 saturated heterocycles. The molecule has 0 bridgehead atoms. The summed E-state index contributed by atoms with van der Waals surface area (Å²) < 4.78 is 13.0. The molecule has 68 valence electrons. The van der Waals surface area contributed by atoms with Gasteiger partial charge in [0.25, 0.3) is 7.52 Å². The molecule has 0 aliphatic carbocycles. The predicted octanol–water partition coefficient (Wildman–Crippen LogP) is 1.92. The molecule has 0 rings (SSSR count). The monoisotopic (exact) mass is 179 g/mol. The van der Waals surface area contributed by atoms with Crippen LogP contribution in [-0.4, -0.2) is 28.8 Å². The molecule has 0 saturated carbocycles. The first-order chi connectivity index (χ1) is 4.91. The quantitative estimate of drug-likeness (QED) is 0.670. The topological polar surface area (TPSA) is 40.5 Å². The Balaban J connectivity index is 4.18. The van der Waals surface area contributed by atoms with Crippen molar-refractivity contribution in [1.82, 2.24) is 4.67 Å². The molecule has 0 fully saturated rings. The van der Waals surface area contributed by atoms with Gasteiger partial charge in [0.1, 0.15) is 0 Å². The van der Waals surface area contributed by atoms with E-state index in [0.717, 1.165) is 6.42 Å². The minimum atomic E-state index is -3.01. The molecule has 1 unspecified atom stereocenters. The maximum atomic E-state index is 11.4. The van der Waals surface area contributed by atoms with Gasteiger partial charge in [-0.05, 0) is 27.3 Å². The molecule has 3 nitrogen and oxygen atoms in total. The highest BCUT2D eigenvalue weighted by molar-refractivity contribution is 7.55. The minimum absolute atomic E-state index is 0.136. The number of hydrogen-bond acceptors (Lipinski definition) is 1. The average Bonchev–Trinajstić information content (AvgIpc) is 1.86. The Morgan fingerprint density at radius 2 is 2.00 bits per heavy atom. The van der Waals surface area contributed by atoms with Crippen LogP contribution in [-0.2, 0) is 4.57 Å². The molecular formula is C7H18NO2P. The van der Waals surface area contributed by atoms with Crippen LogP contribution in [0.5, 0.6) is 0 Å². The van der Waals surface area contributed by atoms with Gasteiger partial charge < -0.3 is 4.89 Å². The van der Waals surface area contributed by atoms with Crippen molar-refractivity contribution in [3.63, 3.8) is 0 Å². The molecule has 0 aliphatic heterocycles. The second kappa shape index (κ2) is 4.24. The van der Waals surface area contributed by atoms with Crippen molar-refractivity contribution >= 4 is 7.52 Å². The van der Waals surface area contributed by atoms with Crippen LogP contribution in [0.2, 0.25) is 0 Å². The van der Waals surface area contributed by atoms with Gasteiger partial charge in [0.2, 0.25) is 0 Å². The van der Waals surface area contributed by atoms with Crippen LogP contribution < -0.4 is 0 Å². The number of rotatable bonds is 4. The Hall–Kier alpha value is 0.150. The van der Waals surface area contributed by atoms with Crippen molar-refractivity contribution in [2.24, 2.45) is 0 Å². The molecule has 0 radical (unpaired) electrons. The molecular weight excluding hydrogens is 161 g/mol. The molecule has 0 aliphatic rings. The van der Waals surface area contributed by atoms with Gasteiger partial charge in [-0.1, -0.05) is 6.92 Å². The highest BCUT2D eigenvalue weighted by atomic mass is 31.2. The first-order valence-electron chi connectivity index (χ1n) is 3.97. The summed E-state index contributed by atoms with van der Waals surface area (Å²) in [6, 6.07) is 0.136. The van der Waals surface area contributed by atoms with Gasteiger partial charge in [0.15, 0.2) is 0 Å². The molecule has 1 atom stereocenters. The van der Waals surface area contributed by atoms with E-state index in [1.54, 1.807) is 11.7 Å². The zero-order valence-corrected chi connectivity index (χ0v) is 8.64. The zero-order chi connectivity index (χ0) is 9.07. The first kappa shape index (κ1) is 11.2. The third kappa shape index (κ3) is 3.37. The Morgan fingerprint density at radius 1 is 1.55 bits per heavy atom. The smallest absolute Gasteiger partial charge is 0.269 e. The molecule has 1 N–H and O–H groups in total. The van der Waals surface area contributed by atoms with Crippen molar-refractivity contribution in [3.8, 4) is 0 Å². The lowest BCUT2D eigenvalue weighted by atomic mass is 10.4. The van der Waals surface area contributed by atoms with Gasteiger partial charge in [0, 0.05) is 12.2 Å². The van der Waals surface area contributed by atoms with Gasteiger partial charge in [-0.3, -0.25) is 4.57 Å². The maximum absolute atomic E-state index is 11.4. The first-order valence-corrected chi connectivity index (χ1v) is 5.76. The lowest BCUT2D eigenvalue weighted by Gasteiger charge is -2.26. The van der Waals surface area contributed by atoms with Gasteiger partial charge in [-0.25, -0.2) is 4.67 Å². The standard InChI is InChI=1S/C7H18NO2P/c1-5-6-11(9,10)8(4)7(2)3/h7H,5-6H2,1-4H3,(H,9,10).